The van der Waals surface area contributed by atoms with E-state index in [0.717, 1.165) is 23.7 Å². The van der Waals surface area contributed by atoms with Gasteiger partial charge in [0.05, 0.1) is 6.04 Å². The van der Waals surface area contributed by atoms with Crippen LogP contribution in [0.4, 0.5) is 4.39 Å². The van der Waals surface area contributed by atoms with Crippen molar-refractivity contribution in [2.45, 2.75) is 18.9 Å². The molecule has 3 heteroatoms. The topological polar surface area (TPSA) is 27.8 Å². The molecule has 0 radical (unpaired) electrons. The lowest BCUT2D eigenvalue weighted by Gasteiger charge is -2.19. The van der Waals surface area contributed by atoms with Gasteiger partial charge in [-0.3, -0.25) is 0 Å². The number of H-pyrrole nitrogens is 1. The summed E-state index contributed by atoms with van der Waals surface area (Å²) in [5.41, 5.74) is 2.09. The Balaban J connectivity index is 2.06. The second-order valence-corrected chi connectivity index (χ2v) is 4.13. The van der Waals surface area contributed by atoms with Crippen LogP contribution in [0.5, 0.6) is 0 Å². The molecule has 1 aromatic heterocycles. The summed E-state index contributed by atoms with van der Waals surface area (Å²) in [4.78, 5) is 3.12. The van der Waals surface area contributed by atoms with Gasteiger partial charge in [-0.2, -0.15) is 0 Å². The van der Waals surface area contributed by atoms with E-state index in [9.17, 15) is 4.39 Å². The van der Waals surface area contributed by atoms with Gasteiger partial charge in [-0.15, -0.1) is 0 Å². The number of nitrogens with one attached hydrogen (secondary N) is 2. The fourth-order valence-electron chi connectivity index (χ4n) is 2.27. The molecular weight excluding hydrogens is 203 g/mol. The highest BCUT2D eigenvalue weighted by atomic mass is 19.1. The lowest BCUT2D eigenvalue weighted by molar-refractivity contribution is 0.556. The molecule has 0 fully saturated rings. The summed E-state index contributed by atoms with van der Waals surface area (Å²) in [6, 6.07) is 5.23. The molecule has 0 saturated carbocycles. The predicted octanol–water partition coefficient (Wildman–Crippen LogP) is 3.25. The van der Waals surface area contributed by atoms with Crippen molar-refractivity contribution in [2.24, 2.45) is 0 Å². The van der Waals surface area contributed by atoms with E-state index < -0.39 is 0 Å². The third-order valence-electron chi connectivity index (χ3n) is 3.09. The van der Waals surface area contributed by atoms with E-state index >= 15 is 0 Å². The Labute approximate surface area is 93.2 Å². The van der Waals surface area contributed by atoms with Crippen molar-refractivity contribution in [3.05, 3.63) is 48.1 Å². The molecule has 16 heavy (non-hydrogen) atoms. The monoisotopic (exact) mass is 216 g/mol. The van der Waals surface area contributed by atoms with Crippen LogP contribution >= 0.6 is 0 Å². The maximum Gasteiger partial charge on any atom is 0.125 e. The van der Waals surface area contributed by atoms with E-state index in [4.69, 9.17) is 0 Å². The Kier molecular flexibility index (Phi) is 2.17. The molecule has 0 saturated heterocycles. The van der Waals surface area contributed by atoms with Crippen LogP contribution in [0.15, 0.2) is 36.7 Å². The lowest BCUT2D eigenvalue weighted by atomic mass is 9.99. The molecule has 1 atom stereocenters. The molecule has 2 heterocycles. The van der Waals surface area contributed by atoms with E-state index in [1.54, 1.807) is 0 Å². The van der Waals surface area contributed by atoms with Gasteiger partial charge in [0.25, 0.3) is 0 Å². The van der Waals surface area contributed by atoms with Crippen molar-refractivity contribution in [2.75, 3.05) is 0 Å². The molecule has 0 bridgehead atoms. The zero-order valence-electron chi connectivity index (χ0n) is 8.83. The van der Waals surface area contributed by atoms with Crippen LogP contribution in [0.1, 0.15) is 24.4 Å². The van der Waals surface area contributed by atoms with Crippen LogP contribution in [0.2, 0.25) is 0 Å². The number of aromatic amines is 1. The molecule has 1 aliphatic heterocycles. The zero-order valence-corrected chi connectivity index (χ0v) is 8.83. The van der Waals surface area contributed by atoms with Crippen molar-refractivity contribution < 1.29 is 4.39 Å². The summed E-state index contributed by atoms with van der Waals surface area (Å²) in [5.74, 6) is -0.197. The van der Waals surface area contributed by atoms with E-state index in [-0.39, 0.29) is 5.82 Å². The molecule has 0 amide bonds. The van der Waals surface area contributed by atoms with Crippen molar-refractivity contribution >= 4 is 10.9 Å². The van der Waals surface area contributed by atoms with Gasteiger partial charge in [0.15, 0.2) is 0 Å². The van der Waals surface area contributed by atoms with Crippen LogP contribution in [-0.4, -0.2) is 4.98 Å². The summed E-state index contributed by atoms with van der Waals surface area (Å²) in [6.45, 7) is 0. The first-order chi connectivity index (χ1) is 7.84. The second kappa shape index (κ2) is 3.67. The highest BCUT2D eigenvalue weighted by molar-refractivity contribution is 5.83. The van der Waals surface area contributed by atoms with Gasteiger partial charge in [0.1, 0.15) is 5.82 Å². The van der Waals surface area contributed by atoms with Crippen molar-refractivity contribution in [1.82, 2.24) is 10.3 Å². The fraction of sp³-hybridized carbons (Fsp3) is 0.231. The largest absolute Gasteiger partial charge is 0.384 e. The number of rotatable bonds is 1. The van der Waals surface area contributed by atoms with Crippen LogP contribution in [0.3, 0.4) is 0 Å². The highest BCUT2D eigenvalue weighted by Gasteiger charge is 2.15. The smallest absolute Gasteiger partial charge is 0.125 e. The van der Waals surface area contributed by atoms with E-state index in [1.807, 2.05) is 18.5 Å². The number of benzene rings is 1. The van der Waals surface area contributed by atoms with Gasteiger partial charge in [-0.1, -0.05) is 6.08 Å². The molecule has 82 valence electrons. The molecule has 0 aliphatic carbocycles. The number of halogens is 1. The summed E-state index contributed by atoms with van der Waals surface area (Å²) in [5, 5.41) is 4.44. The van der Waals surface area contributed by atoms with Crippen molar-refractivity contribution in [3.63, 3.8) is 0 Å². The SMILES string of the molecule is Fc1ccc2c(C3CCC=CN3)c[nH]c2c1. The number of fused-ring (bicyclic) bond motifs is 1. The van der Waals surface area contributed by atoms with Gasteiger partial charge in [-0.05, 0) is 42.8 Å². The molecule has 2 nitrogen and oxygen atoms in total. The molecule has 0 spiro atoms. The Hall–Kier alpha value is -1.77. The van der Waals surface area contributed by atoms with Crippen molar-refractivity contribution in [3.8, 4) is 0 Å². The van der Waals surface area contributed by atoms with Gasteiger partial charge in [0, 0.05) is 17.1 Å². The molecule has 1 unspecified atom stereocenters. The summed E-state index contributed by atoms with van der Waals surface area (Å²) in [7, 11) is 0. The molecule has 2 aromatic rings. The molecule has 2 N–H and O–H groups in total. The van der Waals surface area contributed by atoms with Crippen LogP contribution < -0.4 is 5.32 Å². The van der Waals surface area contributed by atoms with Crippen LogP contribution in [0.25, 0.3) is 10.9 Å². The van der Waals surface area contributed by atoms with E-state index in [0.29, 0.717) is 6.04 Å². The number of hydrogen-bond acceptors (Lipinski definition) is 1. The van der Waals surface area contributed by atoms with Gasteiger partial charge >= 0.3 is 0 Å². The lowest BCUT2D eigenvalue weighted by Crippen LogP contribution is -2.17. The summed E-state index contributed by atoms with van der Waals surface area (Å²) in [6.07, 6.45) is 8.27. The minimum absolute atomic E-state index is 0.197. The maximum absolute atomic E-state index is 13.0. The Morgan fingerprint density at radius 3 is 3.06 bits per heavy atom. The predicted molar refractivity (Wildman–Crippen MR) is 62.5 cm³/mol. The number of hydrogen-bond donors (Lipinski definition) is 2. The quantitative estimate of drug-likeness (QED) is 0.752. The number of allylic oxidation sites excluding steroid dienone is 1. The minimum Gasteiger partial charge on any atom is -0.384 e. The van der Waals surface area contributed by atoms with E-state index in [1.165, 1.54) is 17.7 Å². The van der Waals surface area contributed by atoms with Gasteiger partial charge in [0.2, 0.25) is 0 Å². The highest BCUT2D eigenvalue weighted by Crippen LogP contribution is 2.28. The van der Waals surface area contributed by atoms with Crippen molar-refractivity contribution in [1.29, 1.82) is 0 Å². The fourth-order valence-corrected chi connectivity index (χ4v) is 2.27. The Morgan fingerprint density at radius 1 is 1.31 bits per heavy atom. The average Bonchev–Trinajstić information content (AvgIpc) is 2.73. The molecular formula is C13H13FN2. The normalized spacial score (nSPS) is 19.9. The second-order valence-electron chi connectivity index (χ2n) is 4.13. The number of aromatic nitrogens is 1. The van der Waals surface area contributed by atoms with Crippen LogP contribution in [-0.2, 0) is 0 Å². The first-order valence-electron chi connectivity index (χ1n) is 5.52. The Bertz CT molecular complexity index is 542. The van der Waals surface area contributed by atoms with E-state index in [2.05, 4.69) is 16.4 Å². The maximum atomic E-state index is 13.0. The molecule has 1 aromatic carbocycles. The summed E-state index contributed by atoms with van der Waals surface area (Å²) < 4.78 is 13.0. The first kappa shape index (κ1) is 9.46. The standard InChI is InChI=1S/C13H13FN2/c14-9-4-5-10-11(8-16-13(10)7-9)12-3-1-2-6-15-12/h2,4-8,12,15-16H,1,3H2. The average molecular weight is 216 g/mol. The minimum atomic E-state index is -0.197. The van der Waals surface area contributed by atoms with Gasteiger partial charge < -0.3 is 10.3 Å². The Morgan fingerprint density at radius 2 is 2.25 bits per heavy atom. The van der Waals surface area contributed by atoms with Crippen LogP contribution in [0, 0.1) is 5.82 Å². The third kappa shape index (κ3) is 1.48. The first-order valence-corrected chi connectivity index (χ1v) is 5.52. The van der Waals surface area contributed by atoms with Gasteiger partial charge in [-0.25, -0.2) is 4.39 Å². The summed E-state index contributed by atoms with van der Waals surface area (Å²) >= 11 is 0. The third-order valence-corrected chi connectivity index (χ3v) is 3.09. The molecule has 1 aliphatic rings. The molecule has 3 rings (SSSR count). The zero-order chi connectivity index (χ0) is 11.0.